The predicted octanol–water partition coefficient (Wildman–Crippen LogP) is 3.24. The van der Waals surface area contributed by atoms with E-state index in [9.17, 15) is 0 Å². The molecule has 0 N–H and O–H groups in total. The molecule has 1 heterocycles. The van der Waals surface area contributed by atoms with Crippen molar-refractivity contribution in [2.75, 3.05) is 0 Å². The van der Waals surface area contributed by atoms with Gasteiger partial charge in [0.1, 0.15) is 6.26 Å². The van der Waals surface area contributed by atoms with Crippen LogP contribution in [0.5, 0.6) is 0 Å². The predicted molar refractivity (Wildman–Crippen MR) is 54.7 cm³/mol. The van der Waals surface area contributed by atoms with Gasteiger partial charge in [-0.3, -0.25) is 0 Å². The van der Waals surface area contributed by atoms with Gasteiger partial charge in [0.15, 0.2) is 0 Å². The lowest BCUT2D eigenvalue weighted by molar-refractivity contribution is 0.419. The first-order chi connectivity index (χ1) is 6.45. The van der Waals surface area contributed by atoms with Crippen molar-refractivity contribution in [2.24, 2.45) is 0 Å². The fourth-order valence-corrected chi connectivity index (χ4v) is 2.98. The maximum atomic E-state index is 4.79. The standard InChI is InChI=1S/C10H15NOS/c1-2-4-10(5-3-1)13-8-9-6-11-12-7-9/h6-7,10H,1-5,8H2. The normalized spacial score (nSPS) is 19.1. The molecule has 1 saturated carbocycles. The van der Waals surface area contributed by atoms with Crippen molar-refractivity contribution in [3.8, 4) is 0 Å². The molecule has 1 aliphatic rings. The van der Waals surface area contributed by atoms with Gasteiger partial charge in [0, 0.05) is 16.6 Å². The Hall–Kier alpha value is -0.440. The van der Waals surface area contributed by atoms with Crippen LogP contribution in [0.15, 0.2) is 17.0 Å². The summed E-state index contributed by atoms with van der Waals surface area (Å²) >= 11 is 2.06. The molecule has 3 heteroatoms. The third-order valence-electron chi connectivity index (χ3n) is 2.52. The van der Waals surface area contributed by atoms with E-state index in [1.807, 2.05) is 6.20 Å². The zero-order valence-electron chi connectivity index (χ0n) is 7.74. The van der Waals surface area contributed by atoms with Gasteiger partial charge in [0.05, 0.1) is 6.20 Å². The summed E-state index contributed by atoms with van der Waals surface area (Å²) in [7, 11) is 0. The Kier molecular flexibility index (Phi) is 3.30. The minimum absolute atomic E-state index is 0.878. The molecule has 1 aromatic rings. The SMILES string of the molecule is c1nocc1CSC1CCCCC1. The molecule has 0 radical (unpaired) electrons. The van der Waals surface area contributed by atoms with E-state index in [1.54, 1.807) is 6.26 Å². The molecule has 2 nitrogen and oxygen atoms in total. The molecule has 0 bridgehead atoms. The Morgan fingerprint density at radius 3 is 2.92 bits per heavy atom. The molecule has 0 atom stereocenters. The van der Waals surface area contributed by atoms with Gasteiger partial charge in [-0.05, 0) is 12.8 Å². The second-order valence-corrected chi connectivity index (χ2v) is 4.89. The number of hydrogen-bond donors (Lipinski definition) is 0. The lowest BCUT2D eigenvalue weighted by atomic mass is 10.0. The van der Waals surface area contributed by atoms with Crippen LogP contribution in [0.25, 0.3) is 0 Å². The van der Waals surface area contributed by atoms with Gasteiger partial charge in [-0.1, -0.05) is 24.4 Å². The molecular formula is C10H15NOS. The Morgan fingerprint density at radius 2 is 2.23 bits per heavy atom. The molecule has 0 amide bonds. The van der Waals surface area contributed by atoms with Crippen LogP contribution in [0, 0.1) is 0 Å². The average Bonchev–Trinajstić information content (AvgIpc) is 2.69. The Labute approximate surface area is 83.1 Å². The summed E-state index contributed by atoms with van der Waals surface area (Å²) in [5.41, 5.74) is 1.22. The van der Waals surface area contributed by atoms with Crippen LogP contribution in [0.3, 0.4) is 0 Å². The number of rotatable bonds is 3. The van der Waals surface area contributed by atoms with Crippen LogP contribution in [0.1, 0.15) is 37.7 Å². The van der Waals surface area contributed by atoms with E-state index in [1.165, 1.54) is 37.7 Å². The van der Waals surface area contributed by atoms with E-state index in [4.69, 9.17) is 4.52 Å². The van der Waals surface area contributed by atoms with E-state index < -0.39 is 0 Å². The highest BCUT2D eigenvalue weighted by Gasteiger charge is 2.13. The van der Waals surface area contributed by atoms with Gasteiger partial charge in [0.2, 0.25) is 0 Å². The van der Waals surface area contributed by atoms with Gasteiger partial charge in [-0.2, -0.15) is 11.8 Å². The van der Waals surface area contributed by atoms with Gasteiger partial charge in [0.25, 0.3) is 0 Å². The second kappa shape index (κ2) is 4.70. The minimum atomic E-state index is 0.878. The quantitative estimate of drug-likeness (QED) is 0.744. The highest BCUT2D eigenvalue weighted by atomic mass is 32.2. The summed E-state index contributed by atoms with van der Waals surface area (Å²) in [6.07, 6.45) is 10.6. The molecule has 1 aromatic heterocycles. The van der Waals surface area contributed by atoms with E-state index in [2.05, 4.69) is 16.9 Å². The third-order valence-corrected chi connectivity index (χ3v) is 3.96. The number of nitrogens with zero attached hydrogens (tertiary/aromatic N) is 1. The Bertz CT molecular complexity index is 229. The first kappa shape index (κ1) is 9.13. The number of hydrogen-bond acceptors (Lipinski definition) is 3. The third kappa shape index (κ3) is 2.76. The monoisotopic (exact) mass is 197 g/mol. The van der Waals surface area contributed by atoms with Crippen molar-refractivity contribution in [3.05, 3.63) is 18.0 Å². The number of aromatic nitrogens is 1. The lowest BCUT2D eigenvalue weighted by Gasteiger charge is -2.20. The Morgan fingerprint density at radius 1 is 1.38 bits per heavy atom. The lowest BCUT2D eigenvalue weighted by Crippen LogP contribution is -2.07. The summed E-state index contributed by atoms with van der Waals surface area (Å²) in [6.45, 7) is 0. The van der Waals surface area contributed by atoms with E-state index in [-0.39, 0.29) is 0 Å². The van der Waals surface area contributed by atoms with Gasteiger partial charge in [-0.25, -0.2) is 0 Å². The molecular weight excluding hydrogens is 182 g/mol. The van der Waals surface area contributed by atoms with Crippen LogP contribution < -0.4 is 0 Å². The summed E-state index contributed by atoms with van der Waals surface area (Å²) in [6, 6.07) is 0. The molecule has 13 heavy (non-hydrogen) atoms. The van der Waals surface area contributed by atoms with Crippen molar-refractivity contribution >= 4 is 11.8 Å². The first-order valence-electron chi connectivity index (χ1n) is 4.95. The highest BCUT2D eigenvalue weighted by molar-refractivity contribution is 7.99. The minimum Gasteiger partial charge on any atom is -0.364 e. The molecule has 0 saturated heterocycles. The van der Waals surface area contributed by atoms with Crippen molar-refractivity contribution in [1.29, 1.82) is 0 Å². The molecule has 72 valence electrons. The van der Waals surface area contributed by atoms with E-state index in [0.29, 0.717) is 0 Å². The maximum Gasteiger partial charge on any atom is 0.127 e. The topological polar surface area (TPSA) is 26.0 Å². The largest absolute Gasteiger partial charge is 0.364 e. The summed E-state index contributed by atoms with van der Waals surface area (Å²) in [5, 5.41) is 4.58. The van der Waals surface area contributed by atoms with Crippen molar-refractivity contribution < 1.29 is 4.52 Å². The molecule has 1 fully saturated rings. The van der Waals surface area contributed by atoms with Gasteiger partial charge in [-0.15, -0.1) is 0 Å². The van der Waals surface area contributed by atoms with E-state index >= 15 is 0 Å². The molecule has 2 rings (SSSR count). The van der Waals surface area contributed by atoms with Crippen LogP contribution >= 0.6 is 11.8 Å². The first-order valence-corrected chi connectivity index (χ1v) is 6.00. The van der Waals surface area contributed by atoms with Crippen molar-refractivity contribution in [3.63, 3.8) is 0 Å². The summed E-state index contributed by atoms with van der Waals surface area (Å²) in [4.78, 5) is 0. The maximum absolute atomic E-state index is 4.79. The second-order valence-electron chi connectivity index (χ2n) is 3.60. The summed E-state index contributed by atoms with van der Waals surface area (Å²) < 4.78 is 4.79. The zero-order valence-corrected chi connectivity index (χ0v) is 8.55. The van der Waals surface area contributed by atoms with Crippen LogP contribution in [0.2, 0.25) is 0 Å². The highest BCUT2D eigenvalue weighted by Crippen LogP contribution is 2.30. The van der Waals surface area contributed by atoms with Crippen molar-refractivity contribution in [1.82, 2.24) is 5.16 Å². The van der Waals surface area contributed by atoms with Gasteiger partial charge >= 0.3 is 0 Å². The fourth-order valence-electron chi connectivity index (χ4n) is 1.74. The Balaban J connectivity index is 1.72. The van der Waals surface area contributed by atoms with Crippen LogP contribution in [-0.4, -0.2) is 10.4 Å². The molecule has 1 aliphatic carbocycles. The molecule has 0 aliphatic heterocycles. The van der Waals surface area contributed by atoms with E-state index in [0.717, 1.165) is 11.0 Å². The van der Waals surface area contributed by atoms with Crippen molar-refractivity contribution in [2.45, 2.75) is 43.1 Å². The molecule has 0 spiro atoms. The summed E-state index contributed by atoms with van der Waals surface area (Å²) in [5.74, 6) is 1.06. The van der Waals surface area contributed by atoms with Crippen LogP contribution in [0.4, 0.5) is 0 Å². The zero-order chi connectivity index (χ0) is 8.93. The smallest absolute Gasteiger partial charge is 0.127 e. The molecule has 0 aromatic carbocycles. The average molecular weight is 197 g/mol. The molecule has 0 unspecified atom stereocenters. The van der Waals surface area contributed by atoms with Crippen LogP contribution in [-0.2, 0) is 5.75 Å². The van der Waals surface area contributed by atoms with Gasteiger partial charge < -0.3 is 4.52 Å². The fraction of sp³-hybridized carbons (Fsp3) is 0.700. The number of thioether (sulfide) groups is 1.